The van der Waals surface area contributed by atoms with Gasteiger partial charge in [-0.2, -0.15) is 13.2 Å². The third-order valence-electron chi connectivity index (χ3n) is 2.74. The molecule has 0 saturated carbocycles. The highest BCUT2D eigenvalue weighted by Gasteiger charge is 2.31. The Labute approximate surface area is 102 Å². The number of alkyl halides is 3. The van der Waals surface area contributed by atoms with E-state index >= 15 is 0 Å². The van der Waals surface area contributed by atoms with Gasteiger partial charge in [-0.3, -0.25) is 0 Å². The predicted molar refractivity (Wildman–Crippen MR) is 60.1 cm³/mol. The zero-order valence-corrected chi connectivity index (χ0v) is 10.1. The largest absolute Gasteiger partial charge is 0.416 e. The van der Waals surface area contributed by atoms with E-state index in [4.69, 9.17) is 0 Å². The highest BCUT2D eigenvalue weighted by Crippen LogP contribution is 2.30. The lowest BCUT2D eigenvalue weighted by atomic mass is 10.2. The van der Waals surface area contributed by atoms with Gasteiger partial charge in [0.1, 0.15) is 5.82 Å². The second kappa shape index (κ2) is 4.42. The van der Waals surface area contributed by atoms with Gasteiger partial charge in [0.05, 0.1) is 17.1 Å². The van der Waals surface area contributed by atoms with Crippen molar-refractivity contribution in [3.8, 4) is 0 Å². The first-order chi connectivity index (χ1) is 8.28. The summed E-state index contributed by atoms with van der Waals surface area (Å²) in [5, 5.41) is 0. The van der Waals surface area contributed by atoms with Crippen molar-refractivity contribution in [1.82, 2.24) is 4.98 Å². The lowest BCUT2D eigenvalue weighted by molar-refractivity contribution is -0.137. The Morgan fingerprint density at radius 1 is 1.22 bits per heavy atom. The monoisotopic (exact) mass is 280 g/mol. The first kappa shape index (κ1) is 13.1. The van der Waals surface area contributed by atoms with Crippen LogP contribution < -0.4 is 4.90 Å². The zero-order chi connectivity index (χ0) is 13.4. The highest BCUT2D eigenvalue weighted by molar-refractivity contribution is 7.91. The molecule has 8 heteroatoms. The minimum absolute atomic E-state index is 0.0507. The summed E-state index contributed by atoms with van der Waals surface area (Å²) in [6.45, 7) is 0.354. The Kier molecular flexibility index (Phi) is 3.22. The molecule has 0 radical (unpaired) electrons. The van der Waals surface area contributed by atoms with Gasteiger partial charge in [0, 0.05) is 19.3 Å². The maximum atomic E-state index is 12.5. The van der Waals surface area contributed by atoms with Crippen molar-refractivity contribution in [2.24, 2.45) is 0 Å². The molecule has 1 aliphatic rings. The van der Waals surface area contributed by atoms with Crippen molar-refractivity contribution in [1.29, 1.82) is 0 Å². The molecule has 0 aromatic carbocycles. The van der Waals surface area contributed by atoms with Gasteiger partial charge in [0.25, 0.3) is 0 Å². The van der Waals surface area contributed by atoms with E-state index in [1.165, 1.54) is 0 Å². The van der Waals surface area contributed by atoms with Crippen LogP contribution in [0.25, 0.3) is 0 Å². The van der Waals surface area contributed by atoms with Crippen molar-refractivity contribution >= 4 is 15.7 Å². The first-order valence-corrected chi connectivity index (χ1v) is 7.09. The molecule has 1 saturated heterocycles. The lowest BCUT2D eigenvalue weighted by Crippen LogP contribution is -2.40. The van der Waals surface area contributed by atoms with E-state index in [1.807, 2.05) is 0 Å². The van der Waals surface area contributed by atoms with E-state index in [-0.39, 0.29) is 30.4 Å². The molecule has 0 N–H and O–H groups in total. The maximum Gasteiger partial charge on any atom is 0.416 e. The summed E-state index contributed by atoms with van der Waals surface area (Å²) in [6, 6.07) is 1.84. The van der Waals surface area contributed by atoms with Crippen LogP contribution in [-0.2, 0) is 16.0 Å². The van der Waals surface area contributed by atoms with Crippen LogP contribution in [0, 0.1) is 0 Å². The number of halogens is 3. The van der Waals surface area contributed by atoms with Gasteiger partial charge >= 0.3 is 6.18 Å². The summed E-state index contributed by atoms with van der Waals surface area (Å²) in [5.74, 6) is 0.0651. The number of hydrogen-bond donors (Lipinski definition) is 0. The Hall–Kier alpha value is -1.31. The van der Waals surface area contributed by atoms with Gasteiger partial charge in [-0.25, -0.2) is 13.4 Å². The summed E-state index contributed by atoms with van der Waals surface area (Å²) in [7, 11) is -3.05. The number of sulfone groups is 1. The second-order valence-electron chi connectivity index (χ2n) is 4.04. The van der Waals surface area contributed by atoms with E-state index < -0.39 is 21.6 Å². The standard InChI is InChI=1S/C10H11F3N2O2S/c11-10(12,13)8-1-2-14-9(7-8)15-3-5-18(16,17)6-4-15/h1-2,7H,3-6H2. The number of nitrogens with zero attached hydrogens (tertiary/aromatic N) is 2. The average Bonchev–Trinajstić information content (AvgIpc) is 2.28. The normalized spacial score (nSPS) is 19.8. The lowest BCUT2D eigenvalue weighted by Gasteiger charge is -2.28. The summed E-state index contributed by atoms with van der Waals surface area (Å²) in [6.07, 6.45) is -3.33. The summed E-state index contributed by atoms with van der Waals surface area (Å²) >= 11 is 0. The number of rotatable bonds is 1. The fourth-order valence-electron chi connectivity index (χ4n) is 1.71. The van der Waals surface area contributed by atoms with Crippen LogP contribution in [0.2, 0.25) is 0 Å². The highest BCUT2D eigenvalue weighted by atomic mass is 32.2. The van der Waals surface area contributed by atoms with Crippen molar-refractivity contribution in [3.63, 3.8) is 0 Å². The van der Waals surface area contributed by atoms with Crippen LogP contribution in [0.3, 0.4) is 0 Å². The molecule has 0 bridgehead atoms. The minimum Gasteiger partial charge on any atom is -0.355 e. The fourth-order valence-corrected chi connectivity index (χ4v) is 2.91. The maximum absolute atomic E-state index is 12.5. The zero-order valence-electron chi connectivity index (χ0n) is 9.31. The number of anilines is 1. The summed E-state index contributed by atoms with van der Waals surface area (Å²) in [5.41, 5.74) is -0.777. The molecule has 0 aliphatic carbocycles. The minimum atomic E-state index is -4.42. The first-order valence-electron chi connectivity index (χ1n) is 5.26. The average molecular weight is 280 g/mol. The van der Waals surface area contributed by atoms with Crippen molar-refractivity contribution in [3.05, 3.63) is 23.9 Å². The second-order valence-corrected chi connectivity index (χ2v) is 6.34. The summed E-state index contributed by atoms with van der Waals surface area (Å²) < 4.78 is 60.0. The molecule has 1 aliphatic heterocycles. The van der Waals surface area contributed by atoms with E-state index in [2.05, 4.69) is 4.98 Å². The third kappa shape index (κ3) is 2.92. The summed E-state index contributed by atoms with van der Waals surface area (Å²) in [4.78, 5) is 5.41. The van der Waals surface area contributed by atoms with Crippen LogP contribution in [0.1, 0.15) is 5.56 Å². The van der Waals surface area contributed by atoms with Crippen LogP contribution in [0.15, 0.2) is 18.3 Å². The van der Waals surface area contributed by atoms with Crippen LogP contribution in [0.5, 0.6) is 0 Å². The number of aromatic nitrogens is 1. The smallest absolute Gasteiger partial charge is 0.355 e. The third-order valence-corrected chi connectivity index (χ3v) is 4.35. The fraction of sp³-hybridized carbons (Fsp3) is 0.500. The predicted octanol–water partition coefficient (Wildman–Crippen LogP) is 1.34. The molecule has 18 heavy (non-hydrogen) atoms. The van der Waals surface area contributed by atoms with Gasteiger partial charge in [-0.05, 0) is 12.1 Å². The van der Waals surface area contributed by atoms with Crippen LogP contribution >= 0.6 is 0 Å². The van der Waals surface area contributed by atoms with Gasteiger partial charge < -0.3 is 4.90 Å². The molecular weight excluding hydrogens is 269 g/mol. The molecule has 0 atom stereocenters. The van der Waals surface area contributed by atoms with Crippen molar-refractivity contribution in [2.75, 3.05) is 29.5 Å². The molecule has 0 spiro atoms. The van der Waals surface area contributed by atoms with Crippen LogP contribution in [-0.4, -0.2) is 38.0 Å². The quantitative estimate of drug-likeness (QED) is 0.779. The van der Waals surface area contributed by atoms with Gasteiger partial charge in [0.2, 0.25) is 0 Å². The van der Waals surface area contributed by atoms with E-state index in [0.29, 0.717) is 0 Å². The van der Waals surface area contributed by atoms with Gasteiger partial charge in [0.15, 0.2) is 9.84 Å². The molecule has 100 valence electrons. The number of hydrogen-bond acceptors (Lipinski definition) is 4. The van der Waals surface area contributed by atoms with Gasteiger partial charge in [-0.15, -0.1) is 0 Å². The Bertz CT molecular complexity index is 528. The van der Waals surface area contributed by atoms with Crippen molar-refractivity contribution in [2.45, 2.75) is 6.18 Å². The Morgan fingerprint density at radius 2 is 1.83 bits per heavy atom. The molecule has 1 fully saturated rings. The molecule has 4 nitrogen and oxygen atoms in total. The van der Waals surface area contributed by atoms with Crippen LogP contribution in [0.4, 0.5) is 19.0 Å². The molecule has 2 heterocycles. The molecule has 1 aromatic heterocycles. The molecular formula is C10H11F3N2O2S. The van der Waals surface area contributed by atoms with E-state index in [9.17, 15) is 21.6 Å². The number of pyridine rings is 1. The SMILES string of the molecule is O=S1(=O)CCN(c2cc(C(F)(F)F)ccn2)CC1. The Morgan fingerprint density at radius 3 is 2.39 bits per heavy atom. The molecule has 0 amide bonds. The van der Waals surface area contributed by atoms with Crippen molar-refractivity contribution < 1.29 is 21.6 Å². The molecule has 1 aromatic rings. The van der Waals surface area contributed by atoms with E-state index in [0.717, 1.165) is 18.3 Å². The topological polar surface area (TPSA) is 50.3 Å². The molecule has 0 unspecified atom stereocenters. The Balaban J connectivity index is 2.20. The van der Waals surface area contributed by atoms with Gasteiger partial charge in [-0.1, -0.05) is 0 Å². The molecule has 2 rings (SSSR count). The van der Waals surface area contributed by atoms with E-state index in [1.54, 1.807) is 4.90 Å².